The average Bonchev–Trinajstić information content (AvgIpc) is 2.34. The second-order valence-electron chi connectivity index (χ2n) is 3.70. The molecule has 1 rings (SSSR count). The van der Waals surface area contributed by atoms with Crippen molar-refractivity contribution < 1.29 is 9.59 Å². The van der Waals surface area contributed by atoms with Crippen molar-refractivity contribution in [1.29, 1.82) is 0 Å². The van der Waals surface area contributed by atoms with Crippen LogP contribution in [0.1, 0.15) is 21.5 Å². The summed E-state index contributed by atoms with van der Waals surface area (Å²) in [7, 11) is 0. The molecule has 0 heterocycles. The lowest BCUT2D eigenvalue weighted by molar-refractivity contribution is -0.117. The summed E-state index contributed by atoms with van der Waals surface area (Å²) in [6.45, 7) is 1.89. The number of primary amides is 1. The molecule has 2 amide bonds. The summed E-state index contributed by atoms with van der Waals surface area (Å²) in [4.78, 5) is 22.5. The van der Waals surface area contributed by atoms with E-state index in [9.17, 15) is 9.59 Å². The van der Waals surface area contributed by atoms with Gasteiger partial charge in [-0.2, -0.15) is 0 Å². The molecule has 1 aromatic carbocycles. The van der Waals surface area contributed by atoms with Gasteiger partial charge in [-0.15, -0.1) is 0 Å². The highest BCUT2D eigenvalue weighted by atomic mass is 16.2. The van der Waals surface area contributed by atoms with E-state index in [1.165, 1.54) is 0 Å². The van der Waals surface area contributed by atoms with Crippen LogP contribution in [0.15, 0.2) is 18.2 Å². The maximum atomic E-state index is 11.9. The molecule has 94 valence electrons. The van der Waals surface area contributed by atoms with Gasteiger partial charge in [0.15, 0.2) is 0 Å². The Kier molecular flexibility index (Phi) is 4.90. The number of rotatable bonds is 3. The fraction of sp³-hybridized carbons (Fsp3) is 0.231. The molecule has 0 spiro atoms. The van der Waals surface area contributed by atoms with Crippen LogP contribution >= 0.6 is 0 Å². The lowest BCUT2D eigenvalue weighted by Crippen LogP contribution is -2.33. The summed E-state index contributed by atoms with van der Waals surface area (Å²) in [6, 6.07) is 5.30. The highest BCUT2D eigenvalue weighted by Crippen LogP contribution is 2.10. The van der Waals surface area contributed by atoms with Gasteiger partial charge < -0.3 is 16.8 Å². The average molecular weight is 245 g/mol. The van der Waals surface area contributed by atoms with E-state index in [4.69, 9.17) is 11.5 Å². The van der Waals surface area contributed by atoms with Crippen molar-refractivity contribution in [2.24, 2.45) is 11.5 Å². The largest absolute Gasteiger partial charge is 0.368 e. The van der Waals surface area contributed by atoms with Crippen LogP contribution in [0.5, 0.6) is 0 Å². The zero-order valence-electron chi connectivity index (χ0n) is 10.1. The minimum absolute atomic E-state index is 0.198. The molecule has 0 aromatic heterocycles. The fourth-order valence-corrected chi connectivity index (χ4v) is 1.36. The third kappa shape index (κ3) is 3.92. The van der Waals surface area contributed by atoms with Gasteiger partial charge in [0.05, 0.1) is 18.7 Å². The van der Waals surface area contributed by atoms with Crippen LogP contribution in [-0.2, 0) is 4.79 Å². The van der Waals surface area contributed by atoms with Gasteiger partial charge in [0.2, 0.25) is 5.91 Å². The van der Waals surface area contributed by atoms with Crippen molar-refractivity contribution >= 4 is 11.8 Å². The molecule has 0 saturated heterocycles. The van der Waals surface area contributed by atoms with Crippen LogP contribution < -0.4 is 16.8 Å². The molecule has 0 radical (unpaired) electrons. The van der Waals surface area contributed by atoms with Crippen LogP contribution in [0, 0.1) is 18.8 Å². The Morgan fingerprint density at radius 3 is 2.72 bits per heavy atom. The fourth-order valence-electron chi connectivity index (χ4n) is 1.36. The molecule has 0 saturated carbocycles. The van der Waals surface area contributed by atoms with E-state index in [1.807, 2.05) is 13.0 Å². The zero-order chi connectivity index (χ0) is 13.5. The number of hydrogen-bond donors (Lipinski definition) is 3. The quantitative estimate of drug-likeness (QED) is 0.627. The summed E-state index contributed by atoms with van der Waals surface area (Å²) >= 11 is 0. The van der Waals surface area contributed by atoms with Crippen LogP contribution in [-0.4, -0.2) is 24.9 Å². The summed E-state index contributed by atoms with van der Waals surface area (Å²) in [5.74, 6) is 4.54. The second kappa shape index (κ2) is 6.42. The third-order valence-electron chi connectivity index (χ3n) is 2.17. The SMILES string of the molecule is Cc1ccc(C#CCN)c(C(=O)NCC(N)=O)c1. The molecule has 1 aromatic rings. The number of carbonyl (C=O) groups is 2. The first-order chi connectivity index (χ1) is 8.54. The Hall–Kier alpha value is -2.32. The van der Waals surface area contributed by atoms with Gasteiger partial charge in [0, 0.05) is 5.56 Å². The maximum Gasteiger partial charge on any atom is 0.252 e. The third-order valence-corrected chi connectivity index (χ3v) is 2.17. The zero-order valence-corrected chi connectivity index (χ0v) is 10.1. The topological polar surface area (TPSA) is 98.2 Å². The number of carbonyl (C=O) groups excluding carboxylic acids is 2. The minimum atomic E-state index is -0.592. The van der Waals surface area contributed by atoms with Crippen LogP contribution in [0.3, 0.4) is 0 Å². The molecule has 5 N–H and O–H groups in total. The van der Waals surface area contributed by atoms with E-state index >= 15 is 0 Å². The van der Waals surface area contributed by atoms with Crippen LogP contribution in [0.2, 0.25) is 0 Å². The van der Waals surface area contributed by atoms with Gasteiger partial charge in [-0.05, 0) is 19.1 Å². The molecule has 5 heteroatoms. The van der Waals surface area contributed by atoms with Gasteiger partial charge in [-0.25, -0.2) is 0 Å². The lowest BCUT2D eigenvalue weighted by Gasteiger charge is -2.06. The summed E-state index contributed by atoms with van der Waals surface area (Å²) in [6.07, 6.45) is 0. The monoisotopic (exact) mass is 245 g/mol. The van der Waals surface area contributed by atoms with Gasteiger partial charge in [0.25, 0.3) is 5.91 Å². The minimum Gasteiger partial charge on any atom is -0.368 e. The molecule has 0 atom stereocenters. The molecule has 0 unspecified atom stereocenters. The molecule has 0 bridgehead atoms. The molecule has 18 heavy (non-hydrogen) atoms. The summed E-state index contributed by atoms with van der Waals surface area (Å²) in [5, 5.41) is 2.43. The van der Waals surface area contributed by atoms with E-state index in [2.05, 4.69) is 17.2 Å². The van der Waals surface area contributed by atoms with E-state index in [0.717, 1.165) is 5.56 Å². The molecular weight excluding hydrogens is 230 g/mol. The van der Waals surface area contributed by atoms with Gasteiger partial charge >= 0.3 is 0 Å². The number of nitrogens with one attached hydrogen (secondary N) is 1. The van der Waals surface area contributed by atoms with E-state index in [-0.39, 0.29) is 19.0 Å². The number of nitrogens with two attached hydrogens (primary N) is 2. The van der Waals surface area contributed by atoms with Crippen LogP contribution in [0.4, 0.5) is 0 Å². The Bertz CT molecular complexity index is 527. The van der Waals surface area contributed by atoms with Gasteiger partial charge in [0.1, 0.15) is 0 Å². The Morgan fingerprint density at radius 2 is 2.11 bits per heavy atom. The Labute approximate surface area is 106 Å². The molecule has 0 aliphatic rings. The van der Waals surface area contributed by atoms with E-state index < -0.39 is 5.91 Å². The second-order valence-corrected chi connectivity index (χ2v) is 3.70. The Balaban J connectivity index is 3.01. The van der Waals surface area contributed by atoms with Gasteiger partial charge in [-0.3, -0.25) is 9.59 Å². The number of benzene rings is 1. The van der Waals surface area contributed by atoms with Crippen molar-refractivity contribution in [1.82, 2.24) is 5.32 Å². The van der Waals surface area contributed by atoms with Crippen molar-refractivity contribution in [3.8, 4) is 11.8 Å². The first-order valence-electron chi connectivity index (χ1n) is 5.40. The molecule has 0 aliphatic heterocycles. The highest BCUT2D eigenvalue weighted by molar-refractivity contribution is 5.98. The highest BCUT2D eigenvalue weighted by Gasteiger charge is 2.10. The smallest absolute Gasteiger partial charge is 0.252 e. The molecule has 5 nitrogen and oxygen atoms in total. The van der Waals surface area contributed by atoms with Crippen LogP contribution in [0.25, 0.3) is 0 Å². The first kappa shape index (κ1) is 13.7. The Morgan fingerprint density at radius 1 is 1.39 bits per heavy atom. The van der Waals surface area contributed by atoms with E-state index in [0.29, 0.717) is 11.1 Å². The summed E-state index contributed by atoms with van der Waals surface area (Å²) < 4.78 is 0. The molecular formula is C13H15N3O2. The number of aryl methyl sites for hydroxylation is 1. The number of amides is 2. The predicted octanol–water partition coefficient (Wildman–Crippen LogP) is -0.480. The van der Waals surface area contributed by atoms with Crippen molar-refractivity contribution in [2.75, 3.05) is 13.1 Å². The molecule has 0 fully saturated rings. The molecule has 0 aliphatic carbocycles. The standard InChI is InChI=1S/C13H15N3O2/c1-9-4-5-10(3-2-6-14)11(7-9)13(18)16-8-12(15)17/h4-5,7H,6,8,14H2,1H3,(H2,15,17)(H,16,18). The van der Waals surface area contributed by atoms with Crippen molar-refractivity contribution in [3.05, 3.63) is 34.9 Å². The number of hydrogen-bond acceptors (Lipinski definition) is 3. The predicted molar refractivity (Wildman–Crippen MR) is 68.6 cm³/mol. The van der Waals surface area contributed by atoms with Crippen molar-refractivity contribution in [2.45, 2.75) is 6.92 Å². The van der Waals surface area contributed by atoms with Crippen molar-refractivity contribution in [3.63, 3.8) is 0 Å². The normalized spacial score (nSPS) is 9.22. The van der Waals surface area contributed by atoms with Gasteiger partial charge in [-0.1, -0.05) is 23.5 Å². The van der Waals surface area contributed by atoms with E-state index in [1.54, 1.807) is 12.1 Å². The summed E-state index contributed by atoms with van der Waals surface area (Å²) in [5.41, 5.74) is 12.2. The maximum absolute atomic E-state index is 11.9. The first-order valence-corrected chi connectivity index (χ1v) is 5.40. The lowest BCUT2D eigenvalue weighted by atomic mass is 10.0.